The zero-order valence-electron chi connectivity index (χ0n) is 21.8. The summed E-state index contributed by atoms with van der Waals surface area (Å²) < 4.78 is 36.6. The average Bonchev–Trinajstić information content (AvgIpc) is 2.79. The predicted molar refractivity (Wildman–Crippen MR) is 142 cm³/mol. The number of aldehydes is 1. The van der Waals surface area contributed by atoms with Crippen LogP contribution in [0.25, 0.3) is 0 Å². The number of Topliss-reactive ketones (excluding diaryl/α,β-unsaturated/α-hetero) is 2. The molecular weight excluding hydrogens is 489 g/mol. The van der Waals surface area contributed by atoms with Gasteiger partial charge in [-0.25, -0.2) is 4.79 Å². The highest BCUT2D eigenvalue weighted by atomic mass is 19.4. The molecule has 10 heteroatoms. The summed E-state index contributed by atoms with van der Waals surface area (Å²) in [4.78, 5) is 45.5. The first-order valence-corrected chi connectivity index (χ1v) is 12.5. The van der Waals surface area contributed by atoms with E-state index in [9.17, 15) is 27.6 Å². The van der Waals surface area contributed by atoms with Gasteiger partial charge >= 0.3 is 12.3 Å². The predicted octanol–water partition coefficient (Wildman–Crippen LogP) is 6.38. The summed E-state index contributed by atoms with van der Waals surface area (Å²) >= 11 is 0. The third kappa shape index (κ3) is 19.8. The second-order valence-corrected chi connectivity index (χ2v) is 9.90. The van der Waals surface area contributed by atoms with Gasteiger partial charge < -0.3 is 15.0 Å². The molecule has 2 atom stereocenters. The maximum absolute atomic E-state index is 11.9. The van der Waals surface area contributed by atoms with Gasteiger partial charge in [-0.15, -0.1) is 0 Å². The lowest BCUT2D eigenvalue weighted by atomic mass is 9.92. The van der Waals surface area contributed by atoms with E-state index >= 15 is 0 Å². The van der Waals surface area contributed by atoms with E-state index < -0.39 is 18.1 Å². The van der Waals surface area contributed by atoms with E-state index in [1.165, 1.54) is 6.42 Å². The van der Waals surface area contributed by atoms with Gasteiger partial charge in [0.05, 0.1) is 0 Å². The number of amides is 1. The molecule has 2 fully saturated rings. The number of hydrogen-bond acceptors (Lipinski definition) is 6. The molecule has 0 saturated carbocycles. The molecule has 0 aromatic rings. The van der Waals surface area contributed by atoms with Crippen LogP contribution in [0.15, 0.2) is 0 Å². The lowest BCUT2D eigenvalue weighted by molar-refractivity contribution is -0.156. The van der Waals surface area contributed by atoms with Crippen molar-refractivity contribution in [3.63, 3.8) is 0 Å². The van der Waals surface area contributed by atoms with E-state index in [2.05, 4.69) is 12.2 Å². The largest absolute Gasteiger partial charge is 0.446 e. The minimum absolute atomic E-state index is 0. The van der Waals surface area contributed by atoms with Gasteiger partial charge in [-0.2, -0.15) is 13.2 Å². The number of halogens is 3. The summed E-state index contributed by atoms with van der Waals surface area (Å²) in [6.45, 7) is 12.9. The van der Waals surface area contributed by atoms with Gasteiger partial charge in [-0.05, 0) is 65.8 Å². The Hall–Kier alpha value is -1.97. The Morgan fingerprint density at radius 1 is 0.946 bits per heavy atom. The summed E-state index contributed by atoms with van der Waals surface area (Å²) in [5.74, 6) is 1.07. The van der Waals surface area contributed by atoms with Crippen molar-refractivity contribution >= 4 is 23.9 Å². The third-order valence-corrected chi connectivity index (χ3v) is 5.41. The quantitative estimate of drug-likeness (QED) is 0.393. The number of carbonyl (C=O) groups is 4. The van der Waals surface area contributed by atoms with E-state index in [4.69, 9.17) is 9.53 Å². The first-order chi connectivity index (χ1) is 16.2. The molecule has 220 valence electrons. The van der Waals surface area contributed by atoms with Crippen molar-refractivity contribution < 1.29 is 37.1 Å². The zero-order valence-corrected chi connectivity index (χ0v) is 21.8. The Morgan fingerprint density at radius 2 is 1.43 bits per heavy atom. The van der Waals surface area contributed by atoms with Crippen LogP contribution in [0.2, 0.25) is 0 Å². The summed E-state index contributed by atoms with van der Waals surface area (Å²) in [5.41, 5.74) is -0.475. The minimum atomic E-state index is -4.64. The molecular formula is C27H51F3N2O5. The fourth-order valence-corrected chi connectivity index (χ4v) is 3.76. The van der Waals surface area contributed by atoms with E-state index in [1.54, 1.807) is 4.90 Å². The summed E-state index contributed by atoms with van der Waals surface area (Å²) in [5, 5.41) is 3.25. The molecule has 2 heterocycles. The first kappa shape index (κ1) is 39.5. The van der Waals surface area contributed by atoms with Crippen molar-refractivity contribution in [2.24, 2.45) is 11.8 Å². The average molecular weight is 541 g/mol. The molecule has 1 N–H and O–H groups in total. The van der Waals surface area contributed by atoms with E-state index in [-0.39, 0.29) is 32.6 Å². The Bertz CT molecular complexity index is 657. The molecule has 2 saturated heterocycles. The Balaban J connectivity index is -0.000000521. The highest BCUT2D eigenvalue weighted by Crippen LogP contribution is 2.21. The minimum Gasteiger partial charge on any atom is -0.444 e. The SMILES string of the molecule is C.C.CCCC(=O)C1CCCN(C(=O)OC(C)(C)C)C1.CCCC(=O)C1CCCNC1.O=CC(F)(F)F. The van der Waals surface area contributed by atoms with Gasteiger partial charge in [0.25, 0.3) is 0 Å². The monoisotopic (exact) mass is 540 g/mol. The maximum atomic E-state index is 11.9. The van der Waals surface area contributed by atoms with E-state index in [0.717, 1.165) is 51.6 Å². The molecule has 2 aliphatic heterocycles. The topological polar surface area (TPSA) is 92.8 Å². The molecule has 0 aliphatic carbocycles. The molecule has 0 spiro atoms. The van der Waals surface area contributed by atoms with Crippen molar-refractivity contribution in [2.75, 3.05) is 26.2 Å². The number of hydrogen-bond donors (Lipinski definition) is 1. The highest BCUT2D eigenvalue weighted by molar-refractivity contribution is 5.82. The third-order valence-electron chi connectivity index (χ3n) is 5.41. The van der Waals surface area contributed by atoms with Crippen LogP contribution >= 0.6 is 0 Å². The molecule has 1 amide bonds. The molecule has 0 aromatic heterocycles. The summed E-state index contributed by atoms with van der Waals surface area (Å²) in [7, 11) is 0. The number of likely N-dealkylation sites (tertiary alicyclic amines) is 1. The lowest BCUT2D eigenvalue weighted by Crippen LogP contribution is -2.44. The number of carbonyl (C=O) groups excluding carboxylic acids is 4. The van der Waals surface area contributed by atoms with Crippen LogP contribution < -0.4 is 5.32 Å². The number of alkyl halides is 3. The van der Waals surface area contributed by atoms with Gasteiger partial charge in [0.2, 0.25) is 6.29 Å². The standard InChI is InChI=1S/C14H25NO3.C9H17NO.C2HF3O.2CH4/c1-5-7-12(16)11-8-6-9-15(10-11)13(17)18-14(2,3)4;1-2-4-9(11)8-5-3-6-10-7-8;3-2(4,5)1-6;;/h11H,5-10H2,1-4H3;8,10H,2-7H2,1H3;1H;2*1H4. The number of nitrogens with zero attached hydrogens (tertiary/aromatic N) is 1. The van der Waals surface area contributed by atoms with Crippen LogP contribution in [-0.2, 0) is 19.1 Å². The highest BCUT2D eigenvalue weighted by Gasteiger charge is 2.30. The van der Waals surface area contributed by atoms with Crippen LogP contribution in [0.1, 0.15) is 101 Å². The fourth-order valence-electron chi connectivity index (χ4n) is 3.76. The Morgan fingerprint density at radius 3 is 1.84 bits per heavy atom. The molecule has 0 bridgehead atoms. The number of piperidine rings is 2. The number of ketones is 2. The summed E-state index contributed by atoms with van der Waals surface area (Å²) in [6, 6.07) is 0. The Kier molecular flexibility index (Phi) is 21.4. The van der Waals surface area contributed by atoms with Crippen molar-refractivity contribution in [1.29, 1.82) is 0 Å². The maximum Gasteiger partial charge on any atom is 0.446 e. The van der Waals surface area contributed by atoms with Crippen molar-refractivity contribution in [3.8, 4) is 0 Å². The second kappa shape index (κ2) is 20.1. The van der Waals surface area contributed by atoms with E-state index in [0.29, 0.717) is 31.2 Å². The molecule has 2 aliphatic rings. The van der Waals surface area contributed by atoms with Crippen LogP contribution in [0.5, 0.6) is 0 Å². The lowest BCUT2D eigenvalue weighted by Gasteiger charge is -2.33. The molecule has 2 unspecified atom stereocenters. The first-order valence-electron chi connectivity index (χ1n) is 12.5. The molecule has 2 rings (SSSR count). The Labute approximate surface area is 222 Å². The second-order valence-electron chi connectivity index (χ2n) is 9.90. The number of rotatable bonds is 6. The van der Waals surface area contributed by atoms with Gasteiger partial charge in [0.15, 0.2) is 0 Å². The molecule has 0 radical (unpaired) electrons. The van der Waals surface area contributed by atoms with Gasteiger partial charge in [-0.3, -0.25) is 14.4 Å². The number of nitrogens with one attached hydrogen (secondary N) is 1. The normalized spacial score (nSPS) is 19.3. The van der Waals surface area contributed by atoms with Crippen molar-refractivity contribution in [3.05, 3.63) is 0 Å². The summed E-state index contributed by atoms with van der Waals surface area (Å²) in [6.07, 6.45) is 1.32. The van der Waals surface area contributed by atoms with Crippen molar-refractivity contribution in [2.45, 2.75) is 113 Å². The van der Waals surface area contributed by atoms with Crippen LogP contribution in [-0.4, -0.2) is 66.8 Å². The molecule has 37 heavy (non-hydrogen) atoms. The molecule has 0 aromatic carbocycles. The zero-order chi connectivity index (χ0) is 27.1. The van der Waals surface area contributed by atoms with Crippen molar-refractivity contribution in [1.82, 2.24) is 10.2 Å². The smallest absolute Gasteiger partial charge is 0.444 e. The van der Waals surface area contributed by atoms with Gasteiger partial charge in [0, 0.05) is 44.3 Å². The van der Waals surface area contributed by atoms with Crippen LogP contribution in [0.3, 0.4) is 0 Å². The van der Waals surface area contributed by atoms with Gasteiger partial charge in [-0.1, -0.05) is 28.7 Å². The molecule has 7 nitrogen and oxygen atoms in total. The fraction of sp³-hybridized carbons (Fsp3) is 0.852. The van der Waals surface area contributed by atoms with Crippen LogP contribution in [0, 0.1) is 11.8 Å². The van der Waals surface area contributed by atoms with Crippen LogP contribution in [0.4, 0.5) is 18.0 Å². The number of ether oxygens (including phenoxy) is 1. The van der Waals surface area contributed by atoms with E-state index in [1.807, 2.05) is 27.7 Å². The van der Waals surface area contributed by atoms with Gasteiger partial charge in [0.1, 0.15) is 17.2 Å².